The SMILES string of the molecule is CCN1c2ccc(O)cc2CC1C(C)N. The zero-order chi connectivity index (χ0) is 11.0. The van der Waals surface area contributed by atoms with Crippen LogP contribution in [-0.2, 0) is 6.42 Å². The molecule has 1 heterocycles. The highest BCUT2D eigenvalue weighted by Gasteiger charge is 2.30. The maximum absolute atomic E-state index is 9.43. The molecule has 3 N–H and O–H groups in total. The van der Waals surface area contributed by atoms with Crippen molar-refractivity contribution in [3.63, 3.8) is 0 Å². The summed E-state index contributed by atoms with van der Waals surface area (Å²) in [6, 6.07) is 6.09. The number of phenolic OH excluding ortho intramolecular Hbond substituents is 1. The number of likely N-dealkylation sites (N-methyl/N-ethyl adjacent to an activating group) is 1. The highest BCUT2D eigenvalue weighted by atomic mass is 16.3. The fourth-order valence-corrected chi connectivity index (χ4v) is 2.40. The molecule has 0 saturated carbocycles. The number of hydrogen-bond acceptors (Lipinski definition) is 3. The van der Waals surface area contributed by atoms with Crippen LogP contribution in [0.2, 0.25) is 0 Å². The Morgan fingerprint density at radius 3 is 2.93 bits per heavy atom. The van der Waals surface area contributed by atoms with Crippen LogP contribution in [0.4, 0.5) is 5.69 Å². The second-order valence-electron chi connectivity index (χ2n) is 4.23. The summed E-state index contributed by atoms with van der Waals surface area (Å²) in [4.78, 5) is 2.32. The summed E-state index contributed by atoms with van der Waals surface area (Å²) in [5.41, 5.74) is 8.40. The molecule has 0 bridgehead atoms. The van der Waals surface area contributed by atoms with Crippen molar-refractivity contribution in [2.45, 2.75) is 32.4 Å². The van der Waals surface area contributed by atoms with Crippen LogP contribution in [0.3, 0.4) is 0 Å². The van der Waals surface area contributed by atoms with Crippen molar-refractivity contribution in [3.8, 4) is 5.75 Å². The van der Waals surface area contributed by atoms with Crippen molar-refractivity contribution >= 4 is 5.69 Å². The Morgan fingerprint density at radius 2 is 2.33 bits per heavy atom. The number of benzene rings is 1. The normalized spacial score (nSPS) is 21.5. The molecule has 1 aromatic rings. The van der Waals surface area contributed by atoms with Gasteiger partial charge in [0.2, 0.25) is 0 Å². The van der Waals surface area contributed by atoms with Gasteiger partial charge in [-0.15, -0.1) is 0 Å². The summed E-state index contributed by atoms with van der Waals surface area (Å²) in [5.74, 6) is 0.343. The molecule has 0 saturated heterocycles. The molecule has 0 fully saturated rings. The zero-order valence-electron chi connectivity index (χ0n) is 9.27. The fourth-order valence-electron chi connectivity index (χ4n) is 2.40. The molecule has 2 rings (SSSR count). The van der Waals surface area contributed by atoms with Gasteiger partial charge in [0.05, 0.1) is 0 Å². The monoisotopic (exact) mass is 206 g/mol. The smallest absolute Gasteiger partial charge is 0.116 e. The van der Waals surface area contributed by atoms with Gasteiger partial charge >= 0.3 is 0 Å². The van der Waals surface area contributed by atoms with E-state index in [2.05, 4.69) is 11.8 Å². The number of rotatable bonds is 2. The third-order valence-corrected chi connectivity index (χ3v) is 3.15. The molecule has 0 spiro atoms. The molecular formula is C12H18N2O. The van der Waals surface area contributed by atoms with Gasteiger partial charge in [0.15, 0.2) is 0 Å². The van der Waals surface area contributed by atoms with Gasteiger partial charge in [-0.3, -0.25) is 0 Å². The Balaban J connectivity index is 2.37. The Morgan fingerprint density at radius 1 is 1.60 bits per heavy atom. The molecule has 1 aromatic carbocycles. The Kier molecular flexibility index (Phi) is 2.57. The summed E-state index contributed by atoms with van der Waals surface area (Å²) < 4.78 is 0. The Hall–Kier alpha value is -1.22. The van der Waals surface area contributed by atoms with E-state index in [1.807, 2.05) is 19.1 Å². The molecule has 15 heavy (non-hydrogen) atoms. The second kappa shape index (κ2) is 3.74. The molecule has 1 aliphatic rings. The number of phenols is 1. The van der Waals surface area contributed by atoms with Gasteiger partial charge in [-0.1, -0.05) is 0 Å². The number of fused-ring (bicyclic) bond motifs is 1. The van der Waals surface area contributed by atoms with Gasteiger partial charge in [-0.2, -0.15) is 0 Å². The maximum atomic E-state index is 9.43. The van der Waals surface area contributed by atoms with E-state index in [1.54, 1.807) is 6.07 Å². The molecular weight excluding hydrogens is 188 g/mol. The van der Waals surface area contributed by atoms with Crippen molar-refractivity contribution in [3.05, 3.63) is 23.8 Å². The van der Waals surface area contributed by atoms with Crippen molar-refractivity contribution in [2.75, 3.05) is 11.4 Å². The molecule has 0 aromatic heterocycles. The summed E-state index contributed by atoms with van der Waals surface area (Å²) in [7, 11) is 0. The average Bonchev–Trinajstić information content (AvgIpc) is 2.55. The molecule has 0 amide bonds. The first-order chi connectivity index (χ1) is 7.13. The standard InChI is InChI=1S/C12H18N2O/c1-3-14-11-5-4-10(15)6-9(11)7-12(14)8(2)13/h4-6,8,12,15H,3,7,13H2,1-2H3. The van der Waals surface area contributed by atoms with Crippen LogP contribution in [0.25, 0.3) is 0 Å². The second-order valence-corrected chi connectivity index (χ2v) is 4.23. The van der Waals surface area contributed by atoms with Crippen LogP contribution < -0.4 is 10.6 Å². The average molecular weight is 206 g/mol. The predicted octanol–water partition coefficient (Wildman–Crippen LogP) is 1.49. The van der Waals surface area contributed by atoms with Crippen molar-refractivity contribution in [1.29, 1.82) is 0 Å². The first-order valence-electron chi connectivity index (χ1n) is 5.47. The maximum Gasteiger partial charge on any atom is 0.116 e. The first kappa shape index (κ1) is 10.3. The minimum atomic E-state index is 0.152. The minimum Gasteiger partial charge on any atom is -0.508 e. The van der Waals surface area contributed by atoms with Gasteiger partial charge in [0, 0.05) is 24.3 Å². The molecule has 1 aliphatic heterocycles. The molecule has 2 atom stereocenters. The molecule has 3 heteroatoms. The predicted molar refractivity (Wildman–Crippen MR) is 62.3 cm³/mol. The van der Waals surface area contributed by atoms with E-state index in [0.717, 1.165) is 13.0 Å². The van der Waals surface area contributed by atoms with E-state index >= 15 is 0 Å². The van der Waals surface area contributed by atoms with E-state index in [1.165, 1.54) is 11.3 Å². The Bertz CT molecular complexity index is 363. The van der Waals surface area contributed by atoms with E-state index in [4.69, 9.17) is 5.73 Å². The number of nitrogens with two attached hydrogens (primary N) is 1. The summed E-state index contributed by atoms with van der Waals surface area (Å²) >= 11 is 0. The summed E-state index contributed by atoms with van der Waals surface area (Å²) in [5, 5.41) is 9.43. The van der Waals surface area contributed by atoms with Crippen LogP contribution in [-0.4, -0.2) is 23.7 Å². The fraction of sp³-hybridized carbons (Fsp3) is 0.500. The molecule has 3 nitrogen and oxygen atoms in total. The van der Waals surface area contributed by atoms with E-state index in [9.17, 15) is 5.11 Å². The minimum absolute atomic E-state index is 0.152. The third-order valence-electron chi connectivity index (χ3n) is 3.15. The van der Waals surface area contributed by atoms with Crippen LogP contribution in [0.1, 0.15) is 19.4 Å². The highest BCUT2D eigenvalue weighted by Crippen LogP contribution is 2.34. The van der Waals surface area contributed by atoms with Gasteiger partial charge < -0.3 is 15.7 Å². The van der Waals surface area contributed by atoms with Crippen molar-refractivity contribution in [2.24, 2.45) is 5.73 Å². The van der Waals surface area contributed by atoms with Gasteiger partial charge in [0.25, 0.3) is 0 Å². The van der Waals surface area contributed by atoms with E-state index in [0.29, 0.717) is 11.8 Å². The van der Waals surface area contributed by atoms with E-state index < -0.39 is 0 Å². The van der Waals surface area contributed by atoms with Crippen LogP contribution in [0.5, 0.6) is 5.75 Å². The number of anilines is 1. The lowest BCUT2D eigenvalue weighted by atomic mass is 10.1. The summed E-state index contributed by atoms with van der Waals surface area (Å²) in [6.07, 6.45) is 0.940. The zero-order valence-corrected chi connectivity index (χ0v) is 9.27. The van der Waals surface area contributed by atoms with Crippen LogP contribution >= 0.6 is 0 Å². The topological polar surface area (TPSA) is 49.5 Å². The quantitative estimate of drug-likeness (QED) is 0.770. The van der Waals surface area contributed by atoms with E-state index in [-0.39, 0.29) is 6.04 Å². The molecule has 82 valence electrons. The molecule has 2 unspecified atom stereocenters. The van der Waals surface area contributed by atoms with Crippen molar-refractivity contribution < 1.29 is 5.11 Å². The van der Waals surface area contributed by atoms with Crippen molar-refractivity contribution in [1.82, 2.24) is 0 Å². The third kappa shape index (κ3) is 1.67. The Labute approximate surface area is 90.5 Å². The molecule has 0 radical (unpaired) electrons. The lowest BCUT2D eigenvalue weighted by Gasteiger charge is -2.28. The van der Waals surface area contributed by atoms with Crippen LogP contribution in [0, 0.1) is 0 Å². The number of hydrogen-bond donors (Lipinski definition) is 2. The summed E-state index contributed by atoms with van der Waals surface area (Å²) in [6.45, 7) is 5.14. The molecule has 0 aliphatic carbocycles. The van der Waals surface area contributed by atoms with Gasteiger partial charge in [-0.25, -0.2) is 0 Å². The number of nitrogens with zero attached hydrogens (tertiary/aromatic N) is 1. The first-order valence-corrected chi connectivity index (χ1v) is 5.47. The highest BCUT2D eigenvalue weighted by molar-refractivity contribution is 5.61. The lowest BCUT2D eigenvalue weighted by molar-refractivity contribution is 0.474. The van der Waals surface area contributed by atoms with Gasteiger partial charge in [0.1, 0.15) is 5.75 Å². The largest absolute Gasteiger partial charge is 0.508 e. The van der Waals surface area contributed by atoms with Crippen LogP contribution in [0.15, 0.2) is 18.2 Å². The lowest BCUT2D eigenvalue weighted by Crippen LogP contribution is -2.44. The van der Waals surface area contributed by atoms with Gasteiger partial charge in [-0.05, 0) is 44.0 Å². The number of aromatic hydroxyl groups is 1.